The monoisotopic (exact) mass is 327 g/mol. The molecule has 0 aliphatic carbocycles. The van der Waals surface area contributed by atoms with E-state index in [1.807, 2.05) is 6.92 Å². The van der Waals surface area contributed by atoms with Gasteiger partial charge in [-0.15, -0.1) is 0 Å². The number of halogens is 1. The lowest BCUT2D eigenvalue weighted by Gasteiger charge is -2.34. The fourth-order valence-corrected chi connectivity index (χ4v) is 2.54. The molecule has 0 saturated carbocycles. The maximum Gasteiger partial charge on any atom is 0.257 e. The van der Waals surface area contributed by atoms with Gasteiger partial charge in [-0.3, -0.25) is 4.79 Å². The van der Waals surface area contributed by atoms with Gasteiger partial charge in [-0.05, 0) is 34.3 Å². The Morgan fingerprint density at radius 1 is 1.63 bits per heavy atom. The van der Waals surface area contributed by atoms with Crippen molar-refractivity contribution in [3.05, 3.63) is 22.3 Å². The summed E-state index contributed by atoms with van der Waals surface area (Å²) in [6.45, 7) is 3.06. The maximum atomic E-state index is 12.5. The fraction of sp³-hybridized carbons (Fsp3) is 0.538. The number of nitrogens with one attached hydrogen (secondary N) is 1. The van der Waals surface area contributed by atoms with Crippen molar-refractivity contribution >= 4 is 27.7 Å². The van der Waals surface area contributed by atoms with Crippen LogP contribution < -0.4 is 5.32 Å². The SMILES string of the molecule is CNc1ncc(Br)cc1C(=O)N1CCC(C)C(O)C1. The molecule has 1 aliphatic rings. The number of β-amino-alcohol motifs (C(OH)–C–C–N with tert-alkyl or cyclic N) is 1. The Hall–Kier alpha value is -1.14. The number of rotatable bonds is 2. The number of amides is 1. The first-order valence-electron chi connectivity index (χ1n) is 6.33. The minimum atomic E-state index is -0.448. The lowest BCUT2D eigenvalue weighted by atomic mass is 9.95. The van der Waals surface area contributed by atoms with Crippen LogP contribution in [0.15, 0.2) is 16.7 Å². The second-order valence-corrected chi connectivity index (χ2v) is 5.80. The number of piperidine rings is 1. The van der Waals surface area contributed by atoms with Gasteiger partial charge in [0.25, 0.3) is 5.91 Å². The van der Waals surface area contributed by atoms with Crippen molar-refractivity contribution in [3.8, 4) is 0 Å². The molecule has 0 radical (unpaired) electrons. The number of carbonyl (C=O) groups is 1. The van der Waals surface area contributed by atoms with E-state index in [4.69, 9.17) is 0 Å². The number of hydrogen-bond donors (Lipinski definition) is 2. The number of anilines is 1. The smallest absolute Gasteiger partial charge is 0.257 e. The van der Waals surface area contributed by atoms with Crippen LogP contribution in [0.4, 0.5) is 5.82 Å². The van der Waals surface area contributed by atoms with E-state index in [0.29, 0.717) is 24.5 Å². The quantitative estimate of drug-likeness (QED) is 0.868. The average molecular weight is 328 g/mol. The number of aliphatic hydroxyl groups excluding tert-OH is 1. The van der Waals surface area contributed by atoms with Crippen molar-refractivity contribution in [1.29, 1.82) is 0 Å². The molecule has 0 bridgehead atoms. The molecule has 2 rings (SSSR count). The highest BCUT2D eigenvalue weighted by atomic mass is 79.9. The van der Waals surface area contributed by atoms with E-state index in [1.165, 1.54) is 0 Å². The highest BCUT2D eigenvalue weighted by molar-refractivity contribution is 9.10. The zero-order valence-corrected chi connectivity index (χ0v) is 12.6. The fourth-order valence-electron chi connectivity index (χ4n) is 2.21. The molecule has 6 heteroatoms. The molecule has 2 unspecified atom stereocenters. The van der Waals surface area contributed by atoms with Gasteiger partial charge >= 0.3 is 0 Å². The number of carbonyl (C=O) groups excluding carboxylic acids is 1. The highest BCUT2D eigenvalue weighted by Crippen LogP contribution is 2.23. The van der Waals surface area contributed by atoms with Gasteiger partial charge in [0.15, 0.2) is 0 Å². The van der Waals surface area contributed by atoms with Gasteiger partial charge in [-0.25, -0.2) is 4.98 Å². The average Bonchev–Trinajstić information content (AvgIpc) is 2.41. The molecule has 1 aromatic rings. The molecule has 1 aromatic heterocycles. The third-order valence-corrected chi connectivity index (χ3v) is 3.96. The summed E-state index contributed by atoms with van der Waals surface area (Å²) in [6.07, 6.45) is 2.02. The standard InChI is InChI=1S/C13H18BrN3O2/c1-8-3-4-17(7-11(8)18)13(19)10-5-9(14)6-16-12(10)15-2/h5-6,8,11,18H,3-4,7H2,1-2H3,(H,15,16). The van der Waals surface area contributed by atoms with E-state index in [9.17, 15) is 9.90 Å². The third-order valence-electron chi connectivity index (χ3n) is 3.53. The van der Waals surface area contributed by atoms with Crippen molar-refractivity contribution in [2.45, 2.75) is 19.4 Å². The first kappa shape index (κ1) is 14.3. The van der Waals surface area contributed by atoms with E-state index in [2.05, 4.69) is 26.2 Å². The van der Waals surface area contributed by atoms with Gasteiger partial charge in [0.05, 0.1) is 11.7 Å². The summed E-state index contributed by atoms with van der Waals surface area (Å²) in [7, 11) is 1.74. The molecule has 2 N–H and O–H groups in total. The second-order valence-electron chi connectivity index (χ2n) is 4.88. The van der Waals surface area contributed by atoms with E-state index in [1.54, 1.807) is 24.2 Å². The summed E-state index contributed by atoms with van der Waals surface area (Å²) in [6, 6.07) is 1.76. The number of aromatic nitrogens is 1. The largest absolute Gasteiger partial charge is 0.391 e. The van der Waals surface area contributed by atoms with Crippen molar-refractivity contribution in [3.63, 3.8) is 0 Å². The van der Waals surface area contributed by atoms with Gasteiger partial charge in [-0.1, -0.05) is 6.92 Å². The summed E-state index contributed by atoms with van der Waals surface area (Å²) in [5.74, 6) is 0.707. The molecular weight excluding hydrogens is 310 g/mol. The highest BCUT2D eigenvalue weighted by Gasteiger charge is 2.29. The third kappa shape index (κ3) is 3.06. The summed E-state index contributed by atoms with van der Waals surface area (Å²) in [5.41, 5.74) is 0.527. The van der Waals surface area contributed by atoms with Crippen LogP contribution in [0, 0.1) is 5.92 Å². The minimum Gasteiger partial charge on any atom is -0.391 e. The first-order valence-corrected chi connectivity index (χ1v) is 7.13. The molecular formula is C13H18BrN3O2. The predicted molar refractivity (Wildman–Crippen MR) is 77.2 cm³/mol. The molecule has 1 amide bonds. The van der Waals surface area contributed by atoms with Crippen LogP contribution in [0.5, 0.6) is 0 Å². The predicted octanol–water partition coefficient (Wildman–Crippen LogP) is 1.73. The van der Waals surface area contributed by atoms with Gasteiger partial charge in [-0.2, -0.15) is 0 Å². The minimum absolute atomic E-state index is 0.0934. The summed E-state index contributed by atoms with van der Waals surface area (Å²) in [5, 5.41) is 12.8. The normalized spacial score (nSPS) is 23.3. The lowest BCUT2D eigenvalue weighted by Crippen LogP contribution is -2.46. The van der Waals surface area contributed by atoms with Gasteiger partial charge in [0.1, 0.15) is 5.82 Å². The molecule has 19 heavy (non-hydrogen) atoms. The van der Waals surface area contributed by atoms with Gasteiger partial charge in [0.2, 0.25) is 0 Å². The zero-order valence-electron chi connectivity index (χ0n) is 11.1. The first-order chi connectivity index (χ1) is 9.02. The van der Waals surface area contributed by atoms with Crippen LogP contribution in [0.2, 0.25) is 0 Å². The van der Waals surface area contributed by atoms with Crippen molar-refractivity contribution in [1.82, 2.24) is 9.88 Å². The number of pyridine rings is 1. The van der Waals surface area contributed by atoms with Crippen LogP contribution in [-0.4, -0.2) is 47.1 Å². The summed E-state index contributed by atoms with van der Waals surface area (Å²) in [4.78, 5) is 18.4. The van der Waals surface area contributed by atoms with Crippen LogP contribution in [0.1, 0.15) is 23.7 Å². The molecule has 5 nitrogen and oxygen atoms in total. The number of aliphatic hydroxyl groups is 1. The lowest BCUT2D eigenvalue weighted by molar-refractivity contribution is 0.0249. The topological polar surface area (TPSA) is 65.5 Å². The van der Waals surface area contributed by atoms with Crippen LogP contribution >= 0.6 is 15.9 Å². The Morgan fingerprint density at radius 3 is 3.00 bits per heavy atom. The summed E-state index contributed by atoms with van der Waals surface area (Å²) < 4.78 is 0.765. The number of nitrogens with zero attached hydrogens (tertiary/aromatic N) is 2. The Morgan fingerprint density at radius 2 is 2.37 bits per heavy atom. The molecule has 2 atom stereocenters. The Labute approximate surface area is 121 Å². The maximum absolute atomic E-state index is 12.5. The van der Waals surface area contributed by atoms with Gasteiger partial charge < -0.3 is 15.3 Å². The summed E-state index contributed by atoms with van der Waals surface area (Å²) >= 11 is 3.33. The van der Waals surface area contributed by atoms with Crippen LogP contribution in [-0.2, 0) is 0 Å². The Bertz CT molecular complexity index is 481. The van der Waals surface area contributed by atoms with Crippen LogP contribution in [0.3, 0.4) is 0 Å². The van der Waals surface area contributed by atoms with Crippen molar-refractivity contribution in [2.75, 3.05) is 25.5 Å². The second kappa shape index (κ2) is 5.88. The number of likely N-dealkylation sites (tertiary alicyclic amines) is 1. The molecule has 0 aromatic carbocycles. The van der Waals surface area contributed by atoms with Gasteiger partial charge in [0, 0.05) is 30.8 Å². The Kier molecular flexibility index (Phi) is 4.42. The molecule has 1 saturated heterocycles. The van der Waals surface area contributed by atoms with E-state index >= 15 is 0 Å². The molecule has 0 spiro atoms. The molecule has 104 valence electrons. The number of hydrogen-bond acceptors (Lipinski definition) is 4. The molecule has 2 heterocycles. The van der Waals surface area contributed by atoms with E-state index in [0.717, 1.165) is 10.9 Å². The van der Waals surface area contributed by atoms with Crippen molar-refractivity contribution in [2.24, 2.45) is 5.92 Å². The van der Waals surface area contributed by atoms with Crippen molar-refractivity contribution < 1.29 is 9.90 Å². The van der Waals surface area contributed by atoms with E-state index in [-0.39, 0.29) is 11.8 Å². The Balaban J connectivity index is 2.22. The zero-order chi connectivity index (χ0) is 14.0. The molecule has 1 aliphatic heterocycles. The van der Waals surface area contributed by atoms with E-state index < -0.39 is 6.10 Å². The molecule has 1 fully saturated rings. The van der Waals surface area contributed by atoms with Crippen LogP contribution in [0.25, 0.3) is 0 Å².